The van der Waals surface area contributed by atoms with Crippen molar-refractivity contribution in [3.63, 3.8) is 0 Å². The highest BCUT2D eigenvalue weighted by Crippen LogP contribution is 2.35. The molecule has 2 heterocycles. The van der Waals surface area contributed by atoms with Gasteiger partial charge >= 0.3 is 6.18 Å². The Balaban J connectivity index is 2.30. The molecule has 0 unspecified atom stereocenters. The number of pyridine rings is 1. The van der Waals surface area contributed by atoms with Gasteiger partial charge in [-0.15, -0.1) is 0 Å². The van der Waals surface area contributed by atoms with Gasteiger partial charge in [0.25, 0.3) is 5.56 Å². The van der Waals surface area contributed by atoms with Crippen LogP contribution in [0.5, 0.6) is 0 Å². The predicted molar refractivity (Wildman–Crippen MR) is 85.3 cm³/mol. The minimum atomic E-state index is -4.62. The van der Waals surface area contributed by atoms with E-state index in [9.17, 15) is 18.0 Å². The number of halogens is 4. The molecule has 0 aliphatic heterocycles. The van der Waals surface area contributed by atoms with E-state index in [-0.39, 0.29) is 23.3 Å². The first-order valence-electron chi connectivity index (χ1n) is 7.07. The van der Waals surface area contributed by atoms with Gasteiger partial charge < -0.3 is 0 Å². The van der Waals surface area contributed by atoms with Crippen molar-refractivity contribution < 1.29 is 13.2 Å². The molecule has 0 atom stereocenters. The van der Waals surface area contributed by atoms with Crippen molar-refractivity contribution in [2.75, 3.05) is 0 Å². The molecule has 0 N–H and O–H groups in total. The standard InChI is InChI=1S/C16H13ClF3N3O/c1-9-14-12(16(18,19)20)7-13(24)23(15(14)22(2)21-9)8-10-4-3-5-11(17)6-10/h3-7H,8H2,1-2H3. The van der Waals surface area contributed by atoms with Crippen LogP contribution in [0.2, 0.25) is 5.02 Å². The van der Waals surface area contributed by atoms with Crippen LogP contribution in [-0.4, -0.2) is 14.3 Å². The third-order valence-electron chi connectivity index (χ3n) is 3.79. The van der Waals surface area contributed by atoms with Gasteiger partial charge in [0.15, 0.2) is 0 Å². The Kier molecular flexibility index (Phi) is 3.91. The normalized spacial score (nSPS) is 12.1. The molecule has 0 spiro atoms. The van der Waals surface area contributed by atoms with Gasteiger partial charge in [-0.3, -0.25) is 14.0 Å². The molecule has 1 aromatic carbocycles. The van der Waals surface area contributed by atoms with E-state index < -0.39 is 17.3 Å². The van der Waals surface area contributed by atoms with E-state index in [4.69, 9.17) is 11.6 Å². The lowest BCUT2D eigenvalue weighted by Gasteiger charge is -2.14. The fourth-order valence-corrected chi connectivity index (χ4v) is 3.06. The molecular formula is C16H13ClF3N3O. The number of nitrogens with zero attached hydrogens (tertiary/aromatic N) is 3. The zero-order chi connectivity index (χ0) is 17.6. The molecule has 4 nitrogen and oxygen atoms in total. The molecule has 0 aliphatic rings. The van der Waals surface area contributed by atoms with Crippen LogP contribution in [0.3, 0.4) is 0 Å². The molecule has 3 aromatic rings. The summed E-state index contributed by atoms with van der Waals surface area (Å²) in [5.41, 5.74) is -0.635. The second-order valence-electron chi connectivity index (χ2n) is 5.52. The van der Waals surface area contributed by atoms with Crippen molar-refractivity contribution in [2.24, 2.45) is 7.05 Å². The molecule has 126 valence electrons. The van der Waals surface area contributed by atoms with Crippen molar-refractivity contribution in [1.82, 2.24) is 14.3 Å². The van der Waals surface area contributed by atoms with Gasteiger partial charge in [-0.1, -0.05) is 23.7 Å². The lowest BCUT2D eigenvalue weighted by atomic mass is 10.1. The average Bonchev–Trinajstić information content (AvgIpc) is 2.75. The first-order valence-corrected chi connectivity index (χ1v) is 7.45. The third kappa shape index (κ3) is 2.80. The monoisotopic (exact) mass is 355 g/mol. The first-order chi connectivity index (χ1) is 11.2. The topological polar surface area (TPSA) is 39.8 Å². The van der Waals surface area contributed by atoms with E-state index in [1.807, 2.05) is 0 Å². The van der Waals surface area contributed by atoms with Gasteiger partial charge in [0.1, 0.15) is 5.65 Å². The van der Waals surface area contributed by atoms with E-state index in [1.54, 1.807) is 24.3 Å². The molecule has 0 radical (unpaired) electrons. The minimum Gasteiger partial charge on any atom is -0.288 e. The quantitative estimate of drug-likeness (QED) is 0.702. The smallest absolute Gasteiger partial charge is 0.288 e. The van der Waals surface area contributed by atoms with Crippen LogP contribution in [0.25, 0.3) is 11.0 Å². The number of benzene rings is 1. The van der Waals surface area contributed by atoms with Crippen LogP contribution in [0.4, 0.5) is 13.2 Å². The Bertz CT molecular complexity index is 989. The third-order valence-corrected chi connectivity index (χ3v) is 4.02. The summed E-state index contributed by atoms with van der Waals surface area (Å²) in [6.45, 7) is 1.60. The summed E-state index contributed by atoms with van der Waals surface area (Å²) in [4.78, 5) is 12.3. The number of aromatic nitrogens is 3. The van der Waals surface area contributed by atoms with Crippen LogP contribution < -0.4 is 5.56 Å². The van der Waals surface area contributed by atoms with Crippen LogP contribution in [0.1, 0.15) is 16.8 Å². The highest BCUT2D eigenvalue weighted by molar-refractivity contribution is 6.30. The zero-order valence-corrected chi connectivity index (χ0v) is 13.6. The fourth-order valence-electron chi connectivity index (χ4n) is 2.84. The van der Waals surface area contributed by atoms with Crippen molar-refractivity contribution in [3.8, 4) is 0 Å². The van der Waals surface area contributed by atoms with Gasteiger partial charge in [0.2, 0.25) is 0 Å². The molecule has 3 rings (SSSR count). The molecule has 0 fully saturated rings. The Labute approximate surface area is 140 Å². The van der Waals surface area contributed by atoms with Crippen LogP contribution in [-0.2, 0) is 19.8 Å². The van der Waals surface area contributed by atoms with Crippen LogP contribution >= 0.6 is 11.6 Å². The van der Waals surface area contributed by atoms with Gasteiger partial charge in [-0.25, -0.2) is 0 Å². The number of hydrogen-bond donors (Lipinski definition) is 0. The minimum absolute atomic E-state index is 0.0633. The van der Waals surface area contributed by atoms with Crippen molar-refractivity contribution in [2.45, 2.75) is 19.6 Å². The van der Waals surface area contributed by atoms with Crippen LogP contribution in [0.15, 0.2) is 35.1 Å². The SMILES string of the molecule is Cc1nn(C)c2c1c(C(F)(F)F)cc(=O)n2Cc1cccc(Cl)c1. The van der Waals surface area contributed by atoms with Crippen molar-refractivity contribution >= 4 is 22.6 Å². The van der Waals surface area contributed by atoms with Gasteiger partial charge in [-0.2, -0.15) is 18.3 Å². The van der Waals surface area contributed by atoms with E-state index >= 15 is 0 Å². The fraction of sp³-hybridized carbons (Fsp3) is 0.250. The summed E-state index contributed by atoms with van der Waals surface area (Å²) < 4.78 is 42.5. The highest BCUT2D eigenvalue weighted by Gasteiger charge is 2.35. The molecule has 24 heavy (non-hydrogen) atoms. The number of aryl methyl sites for hydroxylation is 2. The predicted octanol–water partition coefficient (Wildman–Crippen LogP) is 3.76. The summed E-state index contributed by atoms with van der Waals surface area (Å²) in [5.74, 6) is 0. The summed E-state index contributed by atoms with van der Waals surface area (Å²) >= 11 is 5.94. The number of rotatable bonds is 2. The van der Waals surface area contributed by atoms with Crippen molar-refractivity contribution in [3.05, 3.63) is 62.5 Å². The maximum absolute atomic E-state index is 13.3. The van der Waals surface area contributed by atoms with Gasteiger partial charge in [-0.05, 0) is 24.6 Å². The summed E-state index contributed by atoms with van der Waals surface area (Å²) in [6, 6.07) is 7.45. The first kappa shape index (κ1) is 16.6. The molecule has 0 saturated heterocycles. The second kappa shape index (κ2) is 5.66. The number of fused-ring (bicyclic) bond motifs is 1. The van der Waals surface area contributed by atoms with Crippen LogP contribution in [0, 0.1) is 6.92 Å². The second-order valence-corrected chi connectivity index (χ2v) is 5.95. The lowest BCUT2D eigenvalue weighted by Crippen LogP contribution is -2.24. The zero-order valence-electron chi connectivity index (χ0n) is 12.9. The van der Waals surface area contributed by atoms with Gasteiger partial charge in [0.05, 0.1) is 23.2 Å². The molecule has 0 bridgehead atoms. The summed E-state index contributed by atoms with van der Waals surface area (Å²) in [6.07, 6.45) is -4.62. The Morgan fingerprint density at radius 1 is 1.25 bits per heavy atom. The molecule has 0 amide bonds. The van der Waals surface area contributed by atoms with E-state index in [2.05, 4.69) is 5.10 Å². The maximum atomic E-state index is 13.3. The van der Waals surface area contributed by atoms with Gasteiger partial charge in [0, 0.05) is 18.1 Å². The molecule has 0 saturated carbocycles. The molecule has 2 aromatic heterocycles. The largest absolute Gasteiger partial charge is 0.417 e. The van der Waals surface area contributed by atoms with Crippen molar-refractivity contribution in [1.29, 1.82) is 0 Å². The maximum Gasteiger partial charge on any atom is 0.417 e. The van der Waals surface area contributed by atoms with E-state index in [1.165, 1.54) is 23.2 Å². The lowest BCUT2D eigenvalue weighted by molar-refractivity contribution is -0.136. The molecular weight excluding hydrogens is 343 g/mol. The number of alkyl halides is 3. The summed E-state index contributed by atoms with van der Waals surface area (Å²) in [7, 11) is 1.52. The Morgan fingerprint density at radius 2 is 1.96 bits per heavy atom. The Morgan fingerprint density at radius 3 is 2.58 bits per heavy atom. The average molecular weight is 356 g/mol. The van der Waals surface area contributed by atoms with E-state index in [0.717, 1.165) is 0 Å². The molecule has 0 aliphatic carbocycles. The highest BCUT2D eigenvalue weighted by atomic mass is 35.5. The number of hydrogen-bond acceptors (Lipinski definition) is 2. The summed E-state index contributed by atoms with van der Waals surface area (Å²) in [5, 5.41) is 4.48. The van der Waals surface area contributed by atoms with E-state index in [0.29, 0.717) is 16.7 Å². The molecule has 8 heteroatoms. The Hall–Kier alpha value is -2.28.